The summed E-state index contributed by atoms with van der Waals surface area (Å²) >= 11 is 0. The third-order valence-corrected chi connectivity index (χ3v) is 1.75. The van der Waals surface area contributed by atoms with E-state index in [1.165, 1.54) is 23.7 Å². The summed E-state index contributed by atoms with van der Waals surface area (Å²) in [6, 6.07) is 0.934. The molecule has 2 N–H and O–H groups in total. The van der Waals surface area contributed by atoms with Gasteiger partial charge in [-0.3, -0.25) is 5.41 Å². The Morgan fingerprint density at radius 1 is 1.75 bits per heavy atom. The fourth-order valence-electron chi connectivity index (χ4n) is 0.924. The molecule has 1 aromatic rings. The van der Waals surface area contributed by atoms with Crippen molar-refractivity contribution in [2.24, 2.45) is 0 Å². The summed E-state index contributed by atoms with van der Waals surface area (Å²) in [4.78, 5) is 3.42. The van der Waals surface area contributed by atoms with Crippen molar-refractivity contribution in [3.8, 4) is 6.01 Å². The van der Waals surface area contributed by atoms with Crippen LogP contribution < -0.4 is 10.6 Å². The van der Waals surface area contributed by atoms with Gasteiger partial charge in [0.2, 0.25) is 0 Å². The SMILES string of the molecule is CB=O.CC[C@@H](O)Cn1ccc(=N)nc1[O-]. The molecule has 1 rings (SSSR count). The first-order valence-corrected chi connectivity index (χ1v) is 4.92. The molecule has 0 saturated heterocycles. The Balaban J connectivity index is 0.000000673. The molecule has 1 atom stereocenters. The van der Waals surface area contributed by atoms with Crippen LogP contribution in [0.15, 0.2) is 12.3 Å². The van der Waals surface area contributed by atoms with Crippen LogP contribution in [0.2, 0.25) is 6.82 Å². The van der Waals surface area contributed by atoms with Gasteiger partial charge in [-0.15, -0.1) is 0 Å². The molecule has 6 nitrogen and oxygen atoms in total. The van der Waals surface area contributed by atoms with E-state index in [1.54, 1.807) is 0 Å². The minimum absolute atomic E-state index is 0.0489. The molecule has 0 aliphatic heterocycles. The first kappa shape index (κ1) is 14.5. The van der Waals surface area contributed by atoms with Gasteiger partial charge in [0.25, 0.3) is 0 Å². The Hall–Kier alpha value is -1.50. The van der Waals surface area contributed by atoms with E-state index in [1.807, 2.05) is 6.92 Å². The van der Waals surface area contributed by atoms with Crippen molar-refractivity contribution in [2.45, 2.75) is 32.8 Å². The quantitative estimate of drug-likeness (QED) is 0.662. The zero-order valence-electron chi connectivity index (χ0n) is 9.38. The Bertz CT molecular complexity index is 381. The van der Waals surface area contributed by atoms with Crippen molar-refractivity contribution in [2.75, 3.05) is 0 Å². The maximum Gasteiger partial charge on any atom is 0.146 e. The van der Waals surface area contributed by atoms with E-state index >= 15 is 0 Å². The van der Waals surface area contributed by atoms with E-state index in [0.717, 1.165) is 7.15 Å². The zero-order chi connectivity index (χ0) is 12.6. The van der Waals surface area contributed by atoms with Gasteiger partial charge in [0.05, 0.1) is 12.1 Å². The molecule has 1 aromatic heterocycles. The molecular weight excluding hydrogens is 209 g/mol. The van der Waals surface area contributed by atoms with Crippen LogP contribution in [0.3, 0.4) is 0 Å². The summed E-state index contributed by atoms with van der Waals surface area (Å²) in [5.41, 5.74) is -0.0489. The number of hydrogen-bond acceptors (Lipinski definition) is 5. The van der Waals surface area contributed by atoms with E-state index in [2.05, 4.69) is 4.98 Å². The fraction of sp³-hybridized carbons (Fsp3) is 0.556. The number of aromatic nitrogens is 2. The molecule has 0 aromatic carbocycles. The van der Waals surface area contributed by atoms with Crippen LogP contribution in [0, 0.1) is 5.41 Å². The number of hydrogen-bond donors (Lipinski definition) is 2. The molecule has 0 aliphatic carbocycles. The number of rotatable bonds is 3. The fourth-order valence-corrected chi connectivity index (χ4v) is 0.924. The predicted molar refractivity (Wildman–Crippen MR) is 56.1 cm³/mol. The van der Waals surface area contributed by atoms with E-state index in [9.17, 15) is 10.2 Å². The van der Waals surface area contributed by atoms with Crippen molar-refractivity contribution < 1.29 is 14.9 Å². The van der Waals surface area contributed by atoms with Gasteiger partial charge in [0.1, 0.15) is 5.49 Å². The van der Waals surface area contributed by atoms with Crippen molar-refractivity contribution in [3.63, 3.8) is 0 Å². The Morgan fingerprint density at radius 2 is 2.31 bits per heavy atom. The van der Waals surface area contributed by atoms with E-state index in [0.29, 0.717) is 6.42 Å². The second-order valence-electron chi connectivity index (χ2n) is 3.05. The molecule has 0 spiro atoms. The number of aliphatic hydroxyl groups is 1. The summed E-state index contributed by atoms with van der Waals surface area (Å²) in [7, 11) is 0.750. The monoisotopic (exact) mass is 224 g/mol. The molecule has 0 radical (unpaired) electrons. The van der Waals surface area contributed by atoms with Crippen LogP contribution in [0.5, 0.6) is 6.01 Å². The summed E-state index contributed by atoms with van der Waals surface area (Å²) in [5, 5.41) is 27.5. The molecule has 7 heteroatoms. The Morgan fingerprint density at radius 3 is 2.75 bits per heavy atom. The number of nitrogens with one attached hydrogen (secondary N) is 1. The van der Waals surface area contributed by atoms with E-state index in [4.69, 9.17) is 10.1 Å². The average molecular weight is 224 g/mol. The summed E-state index contributed by atoms with van der Waals surface area (Å²) < 4.78 is 10.1. The van der Waals surface area contributed by atoms with Crippen molar-refractivity contribution in [3.05, 3.63) is 17.8 Å². The van der Waals surface area contributed by atoms with Gasteiger partial charge in [0.15, 0.2) is 0 Å². The van der Waals surface area contributed by atoms with Crippen LogP contribution in [0.25, 0.3) is 0 Å². The molecule has 1 heterocycles. The van der Waals surface area contributed by atoms with Gasteiger partial charge in [0, 0.05) is 12.7 Å². The van der Waals surface area contributed by atoms with Crippen LogP contribution in [-0.4, -0.2) is 27.9 Å². The van der Waals surface area contributed by atoms with Crippen LogP contribution in [0.1, 0.15) is 13.3 Å². The minimum Gasteiger partial charge on any atom is -0.846 e. The molecular formula is C9H15BN3O3-. The molecule has 16 heavy (non-hydrogen) atoms. The summed E-state index contributed by atoms with van der Waals surface area (Å²) in [5.74, 6) is 0. The van der Waals surface area contributed by atoms with Gasteiger partial charge in [-0.25, -0.2) is 4.98 Å². The standard InChI is InChI=1S/C8H13N3O2.CH3BO/c1-2-6(12)5-11-4-3-7(9)10-8(11)13;1-2-3/h3-4,6,12H,2,5H2,1H3,(H2,9,10,13);1H3/p-1/t6-;/m1./s1. The number of nitrogens with zero attached hydrogens (tertiary/aromatic N) is 2. The third-order valence-electron chi connectivity index (χ3n) is 1.75. The van der Waals surface area contributed by atoms with Crippen LogP contribution >= 0.6 is 0 Å². The van der Waals surface area contributed by atoms with Crippen LogP contribution in [0.4, 0.5) is 0 Å². The Kier molecular flexibility index (Phi) is 7.03. The van der Waals surface area contributed by atoms with Gasteiger partial charge < -0.3 is 14.8 Å². The molecule has 88 valence electrons. The largest absolute Gasteiger partial charge is 0.846 e. The first-order valence-electron chi connectivity index (χ1n) is 4.92. The summed E-state index contributed by atoms with van der Waals surface area (Å²) in [6.45, 7) is 3.52. The van der Waals surface area contributed by atoms with Crippen molar-refractivity contribution in [1.29, 1.82) is 5.41 Å². The van der Waals surface area contributed by atoms with Crippen LogP contribution in [-0.2, 0) is 11.2 Å². The van der Waals surface area contributed by atoms with Gasteiger partial charge in [-0.2, -0.15) is 0 Å². The van der Waals surface area contributed by atoms with Crippen molar-refractivity contribution in [1.82, 2.24) is 9.55 Å². The molecule has 0 amide bonds. The average Bonchev–Trinajstić information content (AvgIpc) is 2.23. The second kappa shape index (κ2) is 7.75. The third kappa shape index (κ3) is 5.40. The molecule has 0 unspecified atom stereocenters. The van der Waals surface area contributed by atoms with Gasteiger partial charge >= 0.3 is 18.7 Å². The normalized spacial score (nSPS) is 10.9. The van der Waals surface area contributed by atoms with E-state index < -0.39 is 12.1 Å². The molecule has 0 bridgehead atoms. The minimum atomic E-state index is -0.531. The predicted octanol–water partition coefficient (Wildman–Crippen LogP) is -0.709. The molecule has 0 fully saturated rings. The van der Waals surface area contributed by atoms with E-state index in [-0.39, 0.29) is 12.0 Å². The second-order valence-corrected chi connectivity index (χ2v) is 3.05. The summed E-state index contributed by atoms with van der Waals surface area (Å²) in [6.07, 6.45) is 1.53. The van der Waals surface area contributed by atoms with Crippen molar-refractivity contribution >= 4 is 7.15 Å². The molecule has 0 saturated carbocycles. The Labute approximate surface area is 94.3 Å². The molecule has 0 aliphatic rings. The van der Waals surface area contributed by atoms with Gasteiger partial charge in [-0.05, 0) is 12.5 Å². The smallest absolute Gasteiger partial charge is 0.146 e. The zero-order valence-corrected chi connectivity index (χ0v) is 9.38. The number of aliphatic hydroxyl groups excluding tert-OH is 1. The maximum absolute atomic E-state index is 11.1. The maximum atomic E-state index is 11.1. The first-order chi connectivity index (χ1) is 7.54. The van der Waals surface area contributed by atoms with Gasteiger partial charge in [-0.1, -0.05) is 6.92 Å². The topological polar surface area (TPSA) is 102 Å².